The SMILES string of the molecule is CCc1ccc(NC(=O)N2CCCN(C(=O)c3cnn(C)c3C)CC2)cc1. The van der Waals surface area contributed by atoms with Crippen LogP contribution in [0.15, 0.2) is 30.5 Å². The number of carbonyl (C=O) groups excluding carboxylic acids is 2. The quantitative estimate of drug-likeness (QED) is 0.904. The largest absolute Gasteiger partial charge is 0.337 e. The van der Waals surface area contributed by atoms with Gasteiger partial charge in [-0.05, 0) is 37.5 Å². The number of benzene rings is 1. The molecular formula is C20H27N5O2. The molecule has 0 spiro atoms. The molecule has 7 heteroatoms. The Morgan fingerprint density at radius 2 is 1.74 bits per heavy atom. The molecule has 2 heterocycles. The van der Waals surface area contributed by atoms with Crippen LogP contribution in [0.4, 0.5) is 10.5 Å². The van der Waals surface area contributed by atoms with Crippen molar-refractivity contribution < 1.29 is 9.59 Å². The van der Waals surface area contributed by atoms with Crippen molar-refractivity contribution >= 4 is 17.6 Å². The number of anilines is 1. The van der Waals surface area contributed by atoms with E-state index in [4.69, 9.17) is 0 Å². The van der Waals surface area contributed by atoms with E-state index in [9.17, 15) is 9.59 Å². The Kier molecular flexibility index (Phi) is 5.78. The van der Waals surface area contributed by atoms with Gasteiger partial charge in [0.05, 0.1) is 11.8 Å². The molecule has 3 rings (SSSR count). The highest BCUT2D eigenvalue weighted by Gasteiger charge is 2.24. The van der Waals surface area contributed by atoms with Crippen LogP contribution in [-0.4, -0.2) is 57.7 Å². The third-order valence-electron chi connectivity index (χ3n) is 5.15. The number of hydrogen-bond acceptors (Lipinski definition) is 3. The number of rotatable bonds is 3. The Balaban J connectivity index is 1.59. The Labute approximate surface area is 159 Å². The molecule has 1 aliphatic rings. The van der Waals surface area contributed by atoms with Crippen molar-refractivity contribution in [2.75, 3.05) is 31.5 Å². The lowest BCUT2D eigenvalue weighted by atomic mass is 10.1. The molecular weight excluding hydrogens is 342 g/mol. The fourth-order valence-corrected chi connectivity index (χ4v) is 3.23. The van der Waals surface area contributed by atoms with Gasteiger partial charge in [0.15, 0.2) is 0 Å². The minimum Gasteiger partial charge on any atom is -0.337 e. The fourth-order valence-electron chi connectivity index (χ4n) is 3.23. The van der Waals surface area contributed by atoms with Crippen molar-refractivity contribution in [2.45, 2.75) is 26.7 Å². The van der Waals surface area contributed by atoms with Crippen molar-refractivity contribution in [1.82, 2.24) is 19.6 Å². The van der Waals surface area contributed by atoms with Gasteiger partial charge in [0.1, 0.15) is 0 Å². The summed E-state index contributed by atoms with van der Waals surface area (Å²) in [5, 5.41) is 7.10. The Morgan fingerprint density at radius 1 is 1.07 bits per heavy atom. The van der Waals surface area contributed by atoms with E-state index in [2.05, 4.69) is 17.3 Å². The van der Waals surface area contributed by atoms with Gasteiger partial charge in [0.25, 0.3) is 5.91 Å². The van der Waals surface area contributed by atoms with Crippen LogP contribution in [0.3, 0.4) is 0 Å². The minimum absolute atomic E-state index is 0.0157. The molecule has 0 bridgehead atoms. The average molecular weight is 369 g/mol. The van der Waals surface area contributed by atoms with Gasteiger partial charge in [-0.25, -0.2) is 4.79 Å². The molecule has 0 aliphatic carbocycles. The number of carbonyl (C=O) groups is 2. The number of amides is 3. The molecule has 0 unspecified atom stereocenters. The second-order valence-electron chi connectivity index (χ2n) is 6.88. The van der Waals surface area contributed by atoms with Gasteiger partial charge in [-0.2, -0.15) is 5.10 Å². The summed E-state index contributed by atoms with van der Waals surface area (Å²) < 4.78 is 1.70. The Hall–Kier alpha value is -2.83. The second-order valence-corrected chi connectivity index (χ2v) is 6.88. The van der Waals surface area contributed by atoms with Crippen LogP contribution >= 0.6 is 0 Å². The van der Waals surface area contributed by atoms with Crippen LogP contribution in [-0.2, 0) is 13.5 Å². The first-order valence-corrected chi connectivity index (χ1v) is 9.42. The van der Waals surface area contributed by atoms with E-state index in [1.54, 1.807) is 15.8 Å². The predicted octanol–water partition coefficient (Wildman–Crippen LogP) is 2.67. The summed E-state index contributed by atoms with van der Waals surface area (Å²) in [4.78, 5) is 28.9. The third-order valence-corrected chi connectivity index (χ3v) is 5.15. The van der Waals surface area contributed by atoms with Crippen molar-refractivity contribution in [3.05, 3.63) is 47.3 Å². The first kappa shape index (κ1) is 18.9. The smallest absolute Gasteiger partial charge is 0.321 e. The predicted molar refractivity (Wildman–Crippen MR) is 105 cm³/mol. The zero-order chi connectivity index (χ0) is 19.4. The summed E-state index contributed by atoms with van der Waals surface area (Å²) in [6.45, 7) is 6.31. The maximum absolute atomic E-state index is 12.8. The lowest BCUT2D eigenvalue weighted by molar-refractivity contribution is 0.0762. The molecule has 1 aromatic heterocycles. The number of nitrogens with one attached hydrogen (secondary N) is 1. The molecule has 1 aromatic carbocycles. The third kappa shape index (κ3) is 4.30. The Bertz CT molecular complexity index is 812. The highest BCUT2D eigenvalue weighted by molar-refractivity contribution is 5.95. The molecule has 2 aromatic rings. The van der Waals surface area contributed by atoms with E-state index < -0.39 is 0 Å². The highest BCUT2D eigenvalue weighted by Crippen LogP contribution is 2.14. The van der Waals surface area contributed by atoms with Crippen LogP contribution in [0.5, 0.6) is 0 Å². The number of hydrogen-bond donors (Lipinski definition) is 1. The lowest BCUT2D eigenvalue weighted by Gasteiger charge is -2.22. The van der Waals surface area contributed by atoms with Gasteiger partial charge in [0.2, 0.25) is 0 Å². The summed E-state index contributed by atoms with van der Waals surface area (Å²) in [7, 11) is 1.83. The molecule has 0 saturated carbocycles. The number of nitrogens with zero attached hydrogens (tertiary/aromatic N) is 4. The van der Waals surface area contributed by atoms with Crippen molar-refractivity contribution in [2.24, 2.45) is 7.05 Å². The first-order valence-electron chi connectivity index (χ1n) is 9.42. The molecule has 7 nitrogen and oxygen atoms in total. The van der Waals surface area contributed by atoms with E-state index in [1.807, 2.05) is 43.1 Å². The summed E-state index contributed by atoms with van der Waals surface area (Å²) in [6.07, 6.45) is 3.35. The van der Waals surface area contributed by atoms with E-state index >= 15 is 0 Å². The van der Waals surface area contributed by atoms with E-state index in [0.29, 0.717) is 31.7 Å². The van der Waals surface area contributed by atoms with Gasteiger partial charge >= 0.3 is 6.03 Å². The lowest BCUT2D eigenvalue weighted by Crippen LogP contribution is -2.39. The van der Waals surface area contributed by atoms with Gasteiger partial charge in [-0.15, -0.1) is 0 Å². The molecule has 0 radical (unpaired) electrons. The molecule has 27 heavy (non-hydrogen) atoms. The summed E-state index contributed by atoms with van der Waals surface area (Å²) in [5.41, 5.74) is 3.52. The molecule has 1 saturated heterocycles. The topological polar surface area (TPSA) is 70.5 Å². The van der Waals surface area contributed by atoms with Crippen LogP contribution in [0, 0.1) is 6.92 Å². The fraction of sp³-hybridized carbons (Fsp3) is 0.450. The Morgan fingerprint density at radius 3 is 2.37 bits per heavy atom. The average Bonchev–Trinajstić information content (AvgIpc) is 2.88. The van der Waals surface area contributed by atoms with Gasteiger partial charge in [-0.1, -0.05) is 19.1 Å². The molecule has 1 aliphatic heterocycles. The van der Waals surface area contributed by atoms with Crippen LogP contribution < -0.4 is 5.32 Å². The maximum atomic E-state index is 12.8. The maximum Gasteiger partial charge on any atom is 0.321 e. The molecule has 0 atom stereocenters. The number of aromatic nitrogens is 2. The number of aryl methyl sites for hydroxylation is 2. The second kappa shape index (κ2) is 8.24. The normalized spacial score (nSPS) is 14.8. The highest BCUT2D eigenvalue weighted by atomic mass is 16.2. The van der Waals surface area contributed by atoms with E-state index in [-0.39, 0.29) is 11.9 Å². The summed E-state index contributed by atoms with van der Waals surface area (Å²) >= 11 is 0. The van der Waals surface area contributed by atoms with Crippen molar-refractivity contribution in [3.63, 3.8) is 0 Å². The monoisotopic (exact) mass is 369 g/mol. The number of urea groups is 1. The van der Waals surface area contributed by atoms with E-state index in [0.717, 1.165) is 24.2 Å². The van der Waals surface area contributed by atoms with Crippen molar-refractivity contribution in [1.29, 1.82) is 0 Å². The zero-order valence-corrected chi connectivity index (χ0v) is 16.2. The van der Waals surface area contributed by atoms with Crippen LogP contribution in [0.1, 0.15) is 35.0 Å². The zero-order valence-electron chi connectivity index (χ0n) is 16.2. The van der Waals surface area contributed by atoms with Crippen molar-refractivity contribution in [3.8, 4) is 0 Å². The molecule has 3 amide bonds. The van der Waals surface area contributed by atoms with Gasteiger partial charge in [0, 0.05) is 44.6 Å². The van der Waals surface area contributed by atoms with Crippen LogP contribution in [0.2, 0.25) is 0 Å². The summed E-state index contributed by atoms with van der Waals surface area (Å²) in [5.74, 6) is -0.0157. The van der Waals surface area contributed by atoms with E-state index in [1.165, 1.54) is 5.56 Å². The molecule has 1 N–H and O–H groups in total. The standard InChI is InChI=1S/C20H27N5O2/c1-4-16-6-8-17(9-7-16)22-20(27)25-11-5-10-24(12-13-25)19(26)18-14-21-23(3)15(18)2/h6-9,14H,4-5,10-13H2,1-3H3,(H,22,27). The molecule has 1 fully saturated rings. The first-order chi connectivity index (χ1) is 13.0. The molecule has 144 valence electrons. The van der Waals surface area contributed by atoms with Gasteiger partial charge < -0.3 is 15.1 Å². The summed E-state index contributed by atoms with van der Waals surface area (Å²) in [6, 6.07) is 7.78. The minimum atomic E-state index is -0.119. The van der Waals surface area contributed by atoms with Gasteiger partial charge in [-0.3, -0.25) is 9.48 Å². The van der Waals surface area contributed by atoms with Crippen LogP contribution in [0.25, 0.3) is 0 Å².